The van der Waals surface area contributed by atoms with Crippen molar-refractivity contribution in [2.24, 2.45) is 4.99 Å². The normalized spacial score (nSPS) is 18.2. The van der Waals surface area contributed by atoms with Gasteiger partial charge < -0.3 is 25.0 Å². The number of methoxy groups -OCH3 is 1. The molecule has 0 aromatic heterocycles. The van der Waals surface area contributed by atoms with E-state index in [9.17, 15) is 0 Å². The van der Waals surface area contributed by atoms with E-state index < -0.39 is 0 Å². The van der Waals surface area contributed by atoms with E-state index in [1.807, 2.05) is 0 Å². The van der Waals surface area contributed by atoms with E-state index in [1.165, 1.54) is 5.56 Å². The number of nitrogens with one attached hydrogen (secondary N) is 2. The molecule has 0 radical (unpaired) electrons. The van der Waals surface area contributed by atoms with E-state index in [4.69, 9.17) is 14.5 Å². The van der Waals surface area contributed by atoms with Crippen LogP contribution in [0.15, 0.2) is 23.2 Å². The van der Waals surface area contributed by atoms with Crippen molar-refractivity contribution in [2.75, 3.05) is 67.1 Å². The Morgan fingerprint density at radius 1 is 1.21 bits per heavy atom. The van der Waals surface area contributed by atoms with E-state index in [2.05, 4.69) is 66.6 Å². The van der Waals surface area contributed by atoms with E-state index in [0.717, 1.165) is 50.0 Å². The monoisotopic (exact) mass is 519 g/mol. The van der Waals surface area contributed by atoms with Crippen molar-refractivity contribution < 1.29 is 9.47 Å². The van der Waals surface area contributed by atoms with Gasteiger partial charge in [-0.2, -0.15) is 0 Å². The van der Waals surface area contributed by atoms with Gasteiger partial charge in [-0.05, 0) is 39.6 Å². The zero-order valence-electron chi connectivity index (χ0n) is 18.5. The molecule has 8 heteroatoms. The van der Waals surface area contributed by atoms with Crippen molar-refractivity contribution in [3.05, 3.63) is 29.3 Å². The Bertz CT molecular complexity index is 629. The summed E-state index contributed by atoms with van der Waals surface area (Å²) in [5.74, 6) is 1.72. The molecule has 1 aliphatic rings. The minimum absolute atomic E-state index is 0. The fourth-order valence-corrected chi connectivity index (χ4v) is 3.20. The summed E-state index contributed by atoms with van der Waals surface area (Å²) in [5.41, 5.74) is 2.25. The molecule has 0 saturated carbocycles. The molecule has 29 heavy (non-hydrogen) atoms. The van der Waals surface area contributed by atoms with Gasteiger partial charge in [-0.1, -0.05) is 12.1 Å². The number of guanidine groups is 1. The topological polar surface area (TPSA) is 61.4 Å². The van der Waals surface area contributed by atoms with Crippen molar-refractivity contribution in [1.82, 2.24) is 20.4 Å². The van der Waals surface area contributed by atoms with Crippen LogP contribution in [0.2, 0.25) is 0 Å². The minimum Gasteiger partial charge on any atom is -0.491 e. The Morgan fingerprint density at radius 2 is 2.00 bits per heavy atom. The van der Waals surface area contributed by atoms with E-state index >= 15 is 0 Å². The van der Waals surface area contributed by atoms with Crippen molar-refractivity contribution >= 4 is 29.9 Å². The van der Waals surface area contributed by atoms with Gasteiger partial charge in [0.15, 0.2) is 5.96 Å². The van der Waals surface area contributed by atoms with Crippen LogP contribution in [0.1, 0.15) is 18.1 Å². The van der Waals surface area contributed by atoms with Crippen molar-refractivity contribution in [1.29, 1.82) is 0 Å². The number of aryl methyl sites for hydroxylation is 1. The molecule has 0 aliphatic carbocycles. The summed E-state index contributed by atoms with van der Waals surface area (Å²) in [6.45, 7) is 10.8. The lowest BCUT2D eigenvalue weighted by atomic mass is 10.1. The van der Waals surface area contributed by atoms with Gasteiger partial charge in [0, 0.05) is 51.4 Å². The Labute approximate surface area is 193 Å². The van der Waals surface area contributed by atoms with Crippen LogP contribution >= 0.6 is 24.0 Å². The van der Waals surface area contributed by atoms with Crippen LogP contribution in [0.3, 0.4) is 0 Å². The average Bonchev–Trinajstić information content (AvgIpc) is 2.67. The SMILES string of the molecule is CCNC(=NCc1ccc(C)cc1OCCOC)NCC1CN(C)CCN1C.I. The fraction of sp³-hybridized carbons (Fsp3) is 0.667. The molecule has 1 unspecified atom stereocenters. The number of likely N-dealkylation sites (N-methyl/N-ethyl adjacent to an activating group) is 2. The summed E-state index contributed by atoms with van der Waals surface area (Å²) in [6.07, 6.45) is 0. The number of aliphatic imine (C=N–C) groups is 1. The van der Waals surface area contributed by atoms with Gasteiger partial charge in [0.25, 0.3) is 0 Å². The molecule has 7 nitrogen and oxygen atoms in total. The van der Waals surface area contributed by atoms with Crippen LogP contribution < -0.4 is 15.4 Å². The molecule has 1 heterocycles. The minimum atomic E-state index is 0. The zero-order valence-corrected chi connectivity index (χ0v) is 20.9. The average molecular weight is 519 g/mol. The largest absolute Gasteiger partial charge is 0.491 e. The van der Waals surface area contributed by atoms with Crippen molar-refractivity contribution in [2.45, 2.75) is 26.4 Å². The second-order valence-electron chi connectivity index (χ2n) is 7.43. The van der Waals surface area contributed by atoms with Crippen LogP contribution in [-0.2, 0) is 11.3 Å². The quantitative estimate of drug-likeness (QED) is 0.225. The highest BCUT2D eigenvalue weighted by atomic mass is 127. The van der Waals surface area contributed by atoms with Gasteiger partial charge in [-0.25, -0.2) is 4.99 Å². The Balaban J connectivity index is 0.00000420. The fourth-order valence-electron chi connectivity index (χ4n) is 3.20. The smallest absolute Gasteiger partial charge is 0.191 e. The summed E-state index contributed by atoms with van der Waals surface area (Å²) in [6, 6.07) is 6.73. The summed E-state index contributed by atoms with van der Waals surface area (Å²) >= 11 is 0. The van der Waals surface area contributed by atoms with Gasteiger partial charge in [0.1, 0.15) is 12.4 Å². The zero-order chi connectivity index (χ0) is 20.4. The van der Waals surface area contributed by atoms with E-state index in [-0.39, 0.29) is 24.0 Å². The lowest BCUT2D eigenvalue weighted by Crippen LogP contribution is -2.55. The summed E-state index contributed by atoms with van der Waals surface area (Å²) in [5, 5.41) is 6.85. The van der Waals surface area contributed by atoms with Gasteiger partial charge in [0.2, 0.25) is 0 Å². The predicted octanol–water partition coefficient (Wildman–Crippen LogP) is 1.94. The molecule has 2 rings (SSSR count). The second-order valence-corrected chi connectivity index (χ2v) is 7.43. The molecular weight excluding hydrogens is 481 g/mol. The number of piperazine rings is 1. The predicted molar refractivity (Wildman–Crippen MR) is 131 cm³/mol. The number of hydrogen-bond acceptors (Lipinski definition) is 5. The van der Waals surface area contributed by atoms with Gasteiger partial charge in [0.05, 0.1) is 13.2 Å². The van der Waals surface area contributed by atoms with Crippen LogP contribution in [0.25, 0.3) is 0 Å². The van der Waals surface area contributed by atoms with Crippen LogP contribution in [0.4, 0.5) is 0 Å². The maximum atomic E-state index is 5.88. The summed E-state index contributed by atoms with van der Waals surface area (Å²) in [4.78, 5) is 9.58. The molecule has 1 atom stereocenters. The van der Waals surface area contributed by atoms with Gasteiger partial charge in [-0.15, -0.1) is 24.0 Å². The van der Waals surface area contributed by atoms with Gasteiger partial charge in [-0.3, -0.25) is 4.90 Å². The highest BCUT2D eigenvalue weighted by molar-refractivity contribution is 14.0. The first-order valence-electron chi connectivity index (χ1n) is 10.2. The number of ether oxygens (including phenoxy) is 2. The van der Waals surface area contributed by atoms with Crippen molar-refractivity contribution in [3.63, 3.8) is 0 Å². The number of nitrogens with zero attached hydrogens (tertiary/aromatic N) is 3. The molecule has 1 fully saturated rings. The number of benzene rings is 1. The first-order valence-corrected chi connectivity index (χ1v) is 10.2. The lowest BCUT2D eigenvalue weighted by Gasteiger charge is -2.37. The number of hydrogen-bond donors (Lipinski definition) is 2. The summed E-state index contributed by atoms with van der Waals surface area (Å²) < 4.78 is 11.0. The standard InChI is InChI=1S/C21H37N5O2.HI/c1-6-22-21(24-15-19-16-25(3)9-10-26(19)4)23-14-18-8-7-17(2)13-20(18)28-12-11-27-5;/h7-8,13,19H,6,9-12,14-16H2,1-5H3,(H2,22,23,24);1H. The third-order valence-corrected chi connectivity index (χ3v) is 5.00. The van der Waals surface area contributed by atoms with E-state index in [0.29, 0.717) is 25.8 Å². The molecule has 1 aromatic rings. The Kier molecular flexibility index (Phi) is 12.5. The Hall–Kier alpha value is -1.10. The van der Waals surface area contributed by atoms with Crippen LogP contribution in [0.5, 0.6) is 5.75 Å². The molecular formula is C21H38IN5O2. The van der Waals surface area contributed by atoms with Crippen LogP contribution in [-0.4, -0.2) is 88.9 Å². The van der Waals surface area contributed by atoms with Gasteiger partial charge >= 0.3 is 0 Å². The molecule has 2 N–H and O–H groups in total. The molecule has 0 spiro atoms. The molecule has 0 amide bonds. The maximum absolute atomic E-state index is 5.88. The third kappa shape index (κ3) is 9.06. The Morgan fingerprint density at radius 3 is 2.72 bits per heavy atom. The molecule has 1 aromatic carbocycles. The molecule has 0 bridgehead atoms. The van der Waals surface area contributed by atoms with E-state index in [1.54, 1.807) is 7.11 Å². The highest BCUT2D eigenvalue weighted by Crippen LogP contribution is 2.21. The maximum Gasteiger partial charge on any atom is 0.191 e. The van der Waals surface area contributed by atoms with Crippen molar-refractivity contribution in [3.8, 4) is 5.75 Å². The summed E-state index contributed by atoms with van der Waals surface area (Å²) in [7, 11) is 6.06. The first kappa shape index (κ1) is 25.9. The highest BCUT2D eigenvalue weighted by Gasteiger charge is 2.22. The van der Waals surface area contributed by atoms with Crippen LogP contribution in [0, 0.1) is 6.92 Å². The number of rotatable bonds is 9. The second kappa shape index (κ2) is 14.0. The lowest BCUT2D eigenvalue weighted by molar-refractivity contribution is 0.116. The number of halogens is 1. The molecule has 1 saturated heterocycles. The molecule has 1 aliphatic heterocycles. The molecule has 166 valence electrons. The first-order chi connectivity index (χ1) is 13.5. The third-order valence-electron chi connectivity index (χ3n) is 5.00.